The maximum absolute atomic E-state index is 11.6. The lowest BCUT2D eigenvalue weighted by atomic mass is 9.99. The molecule has 0 radical (unpaired) electrons. The van der Waals surface area contributed by atoms with Crippen LogP contribution >= 0.6 is 0 Å². The third-order valence-corrected chi connectivity index (χ3v) is 4.38. The minimum Gasteiger partial charge on any atom is -0.478 e. The molecule has 1 N–H and O–H groups in total. The largest absolute Gasteiger partial charge is 0.478 e. The van der Waals surface area contributed by atoms with Gasteiger partial charge in [0.15, 0.2) is 6.10 Å². The van der Waals surface area contributed by atoms with E-state index in [-0.39, 0.29) is 0 Å². The highest BCUT2D eigenvalue weighted by atomic mass is 16.5. The molecular weight excluding hydrogens is 300 g/mol. The maximum Gasteiger partial charge on any atom is 0.345 e. The van der Waals surface area contributed by atoms with Crippen molar-refractivity contribution in [3.8, 4) is 5.75 Å². The van der Waals surface area contributed by atoms with Crippen molar-refractivity contribution in [3.05, 3.63) is 64.2 Å². The van der Waals surface area contributed by atoms with Crippen molar-refractivity contribution in [3.63, 3.8) is 0 Å². The summed E-state index contributed by atoms with van der Waals surface area (Å²) in [7, 11) is 0. The lowest BCUT2D eigenvalue weighted by Crippen LogP contribution is -2.29. The van der Waals surface area contributed by atoms with Gasteiger partial charge in [-0.1, -0.05) is 44.2 Å². The molecule has 0 saturated carbocycles. The SMILES string of the molecule is Cc1cc(C)c(C)c(O[C@H](Cc2ccc(C(C)C)cc2)C(=O)O)c1. The number of hydrogen-bond acceptors (Lipinski definition) is 2. The van der Waals surface area contributed by atoms with E-state index in [0.717, 1.165) is 22.3 Å². The molecule has 128 valence electrons. The van der Waals surface area contributed by atoms with Crippen LogP contribution < -0.4 is 4.74 Å². The second kappa shape index (κ2) is 7.52. The first-order chi connectivity index (χ1) is 11.3. The average Bonchev–Trinajstić information content (AvgIpc) is 2.51. The first-order valence-corrected chi connectivity index (χ1v) is 8.34. The zero-order valence-electron chi connectivity index (χ0n) is 15.1. The third kappa shape index (κ3) is 4.38. The zero-order chi connectivity index (χ0) is 17.9. The van der Waals surface area contributed by atoms with Gasteiger partial charge in [-0.3, -0.25) is 0 Å². The van der Waals surface area contributed by atoms with Crippen LogP contribution in [0.5, 0.6) is 5.75 Å². The molecule has 24 heavy (non-hydrogen) atoms. The van der Waals surface area contributed by atoms with Crippen molar-refractivity contribution in [2.45, 2.75) is 53.1 Å². The third-order valence-electron chi connectivity index (χ3n) is 4.38. The Bertz CT molecular complexity index is 715. The molecule has 1 atom stereocenters. The molecule has 0 bridgehead atoms. The lowest BCUT2D eigenvalue weighted by Gasteiger charge is -2.19. The van der Waals surface area contributed by atoms with E-state index in [0.29, 0.717) is 18.1 Å². The van der Waals surface area contributed by atoms with Gasteiger partial charge in [0.25, 0.3) is 0 Å². The van der Waals surface area contributed by atoms with Crippen molar-refractivity contribution in [2.24, 2.45) is 0 Å². The molecule has 0 amide bonds. The molecule has 2 aromatic carbocycles. The van der Waals surface area contributed by atoms with Gasteiger partial charge in [0, 0.05) is 6.42 Å². The second-order valence-electron chi connectivity index (χ2n) is 6.75. The van der Waals surface area contributed by atoms with Crippen molar-refractivity contribution >= 4 is 5.97 Å². The van der Waals surface area contributed by atoms with Gasteiger partial charge in [-0.05, 0) is 60.6 Å². The summed E-state index contributed by atoms with van der Waals surface area (Å²) < 4.78 is 5.85. The summed E-state index contributed by atoms with van der Waals surface area (Å²) in [4.78, 5) is 11.6. The zero-order valence-corrected chi connectivity index (χ0v) is 15.1. The number of carboxylic acids is 1. The first kappa shape index (κ1) is 18.1. The Balaban J connectivity index is 2.20. The van der Waals surface area contributed by atoms with Crippen LogP contribution in [-0.4, -0.2) is 17.2 Å². The van der Waals surface area contributed by atoms with Crippen LogP contribution in [0.25, 0.3) is 0 Å². The Labute approximate surface area is 144 Å². The molecule has 0 saturated heterocycles. The standard InChI is InChI=1S/C21H26O3/c1-13(2)18-8-6-17(7-9-18)12-20(21(22)23)24-19-11-14(3)10-15(4)16(19)5/h6-11,13,20H,12H2,1-5H3,(H,22,23)/t20-/m1/s1. The van der Waals surface area contributed by atoms with Crippen LogP contribution in [0.2, 0.25) is 0 Å². The first-order valence-electron chi connectivity index (χ1n) is 8.34. The van der Waals surface area contributed by atoms with E-state index in [1.807, 2.05) is 39.0 Å². The van der Waals surface area contributed by atoms with E-state index in [1.54, 1.807) is 0 Å². The van der Waals surface area contributed by atoms with Gasteiger partial charge in [-0.2, -0.15) is 0 Å². The summed E-state index contributed by atoms with van der Waals surface area (Å²) in [6, 6.07) is 12.1. The summed E-state index contributed by atoms with van der Waals surface area (Å²) >= 11 is 0. The summed E-state index contributed by atoms with van der Waals surface area (Å²) in [5.41, 5.74) is 5.38. The van der Waals surface area contributed by atoms with E-state index < -0.39 is 12.1 Å². The molecule has 0 aromatic heterocycles. The highest BCUT2D eigenvalue weighted by Crippen LogP contribution is 2.25. The molecule has 0 aliphatic carbocycles. The monoisotopic (exact) mass is 326 g/mol. The number of carbonyl (C=O) groups is 1. The molecule has 0 heterocycles. The van der Waals surface area contributed by atoms with Gasteiger partial charge in [-0.25, -0.2) is 4.79 Å². The maximum atomic E-state index is 11.6. The predicted octanol–water partition coefficient (Wildman–Crippen LogP) is 4.81. The molecule has 0 fully saturated rings. The van der Waals surface area contributed by atoms with Gasteiger partial charge in [0.05, 0.1) is 0 Å². The Morgan fingerprint density at radius 2 is 1.71 bits per heavy atom. The number of aryl methyl sites for hydroxylation is 2. The molecule has 0 aliphatic heterocycles. The molecule has 0 unspecified atom stereocenters. The highest BCUT2D eigenvalue weighted by molar-refractivity contribution is 5.73. The Morgan fingerprint density at radius 3 is 2.25 bits per heavy atom. The van der Waals surface area contributed by atoms with Crippen LogP contribution in [0.1, 0.15) is 47.6 Å². The average molecular weight is 326 g/mol. The molecule has 0 spiro atoms. The van der Waals surface area contributed by atoms with E-state index in [1.165, 1.54) is 5.56 Å². The van der Waals surface area contributed by atoms with Crippen molar-refractivity contribution in [1.29, 1.82) is 0 Å². The van der Waals surface area contributed by atoms with Gasteiger partial charge in [-0.15, -0.1) is 0 Å². The van der Waals surface area contributed by atoms with Crippen molar-refractivity contribution < 1.29 is 14.6 Å². The van der Waals surface area contributed by atoms with E-state index >= 15 is 0 Å². The van der Waals surface area contributed by atoms with Gasteiger partial charge >= 0.3 is 5.97 Å². The quantitative estimate of drug-likeness (QED) is 0.828. The summed E-state index contributed by atoms with van der Waals surface area (Å²) in [6.45, 7) is 10.2. The smallest absolute Gasteiger partial charge is 0.345 e. The van der Waals surface area contributed by atoms with E-state index in [9.17, 15) is 9.90 Å². The van der Waals surface area contributed by atoms with Crippen molar-refractivity contribution in [2.75, 3.05) is 0 Å². The Morgan fingerprint density at radius 1 is 1.08 bits per heavy atom. The second-order valence-corrected chi connectivity index (χ2v) is 6.75. The van der Waals surface area contributed by atoms with Crippen LogP contribution in [-0.2, 0) is 11.2 Å². The number of ether oxygens (including phenoxy) is 1. The molecule has 3 nitrogen and oxygen atoms in total. The summed E-state index contributed by atoms with van der Waals surface area (Å²) in [6.07, 6.45) is -0.546. The minimum absolute atomic E-state index is 0.347. The molecule has 0 aliphatic rings. The number of aliphatic carboxylic acids is 1. The predicted molar refractivity (Wildman–Crippen MR) is 96.9 cm³/mol. The normalized spacial score (nSPS) is 12.2. The van der Waals surface area contributed by atoms with Crippen LogP contribution in [0.3, 0.4) is 0 Å². The molecular formula is C21H26O3. The highest BCUT2D eigenvalue weighted by Gasteiger charge is 2.21. The fourth-order valence-electron chi connectivity index (χ4n) is 2.71. The fourth-order valence-corrected chi connectivity index (χ4v) is 2.71. The number of benzene rings is 2. The van der Waals surface area contributed by atoms with E-state index in [2.05, 4.69) is 32.0 Å². The van der Waals surface area contributed by atoms with Gasteiger partial charge < -0.3 is 9.84 Å². The fraction of sp³-hybridized carbons (Fsp3) is 0.381. The number of rotatable bonds is 6. The Hall–Kier alpha value is -2.29. The lowest BCUT2D eigenvalue weighted by molar-refractivity contribution is -0.145. The number of hydrogen-bond donors (Lipinski definition) is 1. The van der Waals surface area contributed by atoms with Gasteiger partial charge in [0.2, 0.25) is 0 Å². The minimum atomic E-state index is -0.943. The molecule has 2 rings (SSSR count). The van der Waals surface area contributed by atoms with Crippen LogP contribution in [0, 0.1) is 20.8 Å². The van der Waals surface area contributed by atoms with E-state index in [4.69, 9.17) is 4.74 Å². The van der Waals surface area contributed by atoms with Crippen LogP contribution in [0.15, 0.2) is 36.4 Å². The molecule has 2 aromatic rings. The topological polar surface area (TPSA) is 46.5 Å². The molecule has 3 heteroatoms. The van der Waals surface area contributed by atoms with Crippen LogP contribution in [0.4, 0.5) is 0 Å². The summed E-state index contributed by atoms with van der Waals surface area (Å²) in [5.74, 6) is 0.170. The van der Waals surface area contributed by atoms with Crippen molar-refractivity contribution in [1.82, 2.24) is 0 Å². The number of carboxylic acid groups (broad SMARTS) is 1. The summed E-state index contributed by atoms with van der Waals surface area (Å²) in [5, 5.41) is 9.54. The van der Waals surface area contributed by atoms with Gasteiger partial charge in [0.1, 0.15) is 5.75 Å². The Kier molecular flexibility index (Phi) is 5.66.